The number of benzene rings is 2. The fraction of sp³-hybridized carbons (Fsp3) is 0.333. The zero-order valence-electron chi connectivity index (χ0n) is 19.3. The van der Waals surface area contributed by atoms with Crippen molar-refractivity contribution in [2.45, 2.75) is 30.8 Å². The number of hydrogen-bond acceptors (Lipinski definition) is 6. The summed E-state index contributed by atoms with van der Waals surface area (Å²) in [6.45, 7) is 2.37. The number of imidazole rings is 1. The number of nitrogens with one attached hydrogen (secondary N) is 2. The molecule has 0 radical (unpaired) electrons. The van der Waals surface area contributed by atoms with E-state index >= 15 is 0 Å². The fourth-order valence-electron chi connectivity index (χ4n) is 3.73. The maximum absolute atomic E-state index is 12.8. The van der Waals surface area contributed by atoms with Gasteiger partial charge in [-0.05, 0) is 41.8 Å². The van der Waals surface area contributed by atoms with Crippen molar-refractivity contribution in [2.75, 3.05) is 32.6 Å². The zero-order valence-corrected chi connectivity index (χ0v) is 20.1. The largest absolute Gasteiger partial charge is 0.493 e. The van der Waals surface area contributed by atoms with Crippen molar-refractivity contribution < 1.29 is 17.9 Å². The Morgan fingerprint density at radius 2 is 2.06 bits per heavy atom. The highest BCUT2D eigenvalue weighted by Gasteiger charge is 2.21. The normalized spacial score (nSPS) is 12.9. The van der Waals surface area contributed by atoms with E-state index in [9.17, 15) is 13.2 Å². The summed E-state index contributed by atoms with van der Waals surface area (Å²) >= 11 is 0. The number of aryl methyl sites for hydroxylation is 1. The Morgan fingerprint density at radius 1 is 1.21 bits per heavy atom. The molecule has 4 rings (SSSR count). The number of aromatic nitrogens is 2. The van der Waals surface area contributed by atoms with Crippen molar-refractivity contribution in [3.8, 4) is 5.75 Å². The second kappa shape index (κ2) is 10.3. The molecule has 34 heavy (non-hydrogen) atoms. The van der Waals surface area contributed by atoms with Crippen molar-refractivity contribution >= 4 is 21.6 Å². The van der Waals surface area contributed by atoms with Gasteiger partial charge in [-0.3, -0.25) is 4.79 Å². The molecule has 1 aliphatic rings. The first-order chi connectivity index (χ1) is 16.3. The second-order valence-corrected chi connectivity index (χ2v) is 10.5. The lowest BCUT2D eigenvalue weighted by Gasteiger charge is -2.16. The lowest BCUT2D eigenvalue weighted by Crippen LogP contribution is -2.26. The van der Waals surface area contributed by atoms with Gasteiger partial charge in [0.15, 0.2) is 0 Å². The standard InChI is InChI=1S/C24H29N5O4S/c1-28(2)34(31,32)22-14-20(24(30)26-7-3-9-29-10-8-25-17-29)13-21(15-22)27-16-18-4-5-23-19(12-18)6-11-33-23/h4-5,8,10,12-15,17,27H,3,6-7,9,11,16H2,1-2H3,(H,26,30). The SMILES string of the molecule is CN(C)S(=O)(=O)c1cc(NCc2ccc3c(c2)CCO3)cc(C(=O)NCCCn2ccnc2)c1. The topological polar surface area (TPSA) is 106 Å². The highest BCUT2D eigenvalue weighted by molar-refractivity contribution is 7.89. The van der Waals surface area contributed by atoms with Gasteiger partial charge in [-0.1, -0.05) is 12.1 Å². The Balaban J connectivity index is 1.48. The molecule has 2 aromatic carbocycles. The number of rotatable bonds is 10. The van der Waals surface area contributed by atoms with E-state index in [4.69, 9.17) is 4.74 Å². The van der Waals surface area contributed by atoms with Gasteiger partial charge < -0.3 is 19.9 Å². The zero-order chi connectivity index (χ0) is 24.1. The summed E-state index contributed by atoms with van der Waals surface area (Å²) in [6.07, 6.45) is 6.91. The molecule has 0 saturated heterocycles. The van der Waals surface area contributed by atoms with Crippen LogP contribution in [0.1, 0.15) is 27.9 Å². The summed E-state index contributed by atoms with van der Waals surface area (Å²) in [4.78, 5) is 16.9. The monoisotopic (exact) mass is 483 g/mol. The number of ether oxygens (including phenoxy) is 1. The molecule has 2 heterocycles. The maximum Gasteiger partial charge on any atom is 0.251 e. The molecule has 3 aromatic rings. The Hall–Kier alpha value is -3.37. The number of sulfonamides is 1. The van der Waals surface area contributed by atoms with Gasteiger partial charge in [-0.25, -0.2) is 17.7 Å². The van der Waals surface area contributed by atoms with Gasteiger partial charge in [-0.2, -0.15) is 0 Å². The van der Waals surface area contributed by atoms with Crippen LogP contribution in [0.5, 0.6) is 5.75 Å². The molecule has 0 atom stereocenters. The van der Waals surface area contributed by atoms with E-state index in [1.54, 1.807) is 24.7 Å². The number of anilines is 1. The number of carbonyl (C=O) groups is 1. The van der Waals surface area contributed by atoms with Crippen molar-refractivity contribution in [1.82, 2.24) is 19.2 Å². The molecule has 1 amide bonds. The summed E-state index contributed by atoms with van der Waals surface area (Å²) in [6, 6.07) is 10.7. The number of hydrogen-bond donors (Lipinski definition) is 2. The van der Waals surface area contributed by atoms with Crippen LogP contribution in [-0.2, 0) is 29.5 Å². The summed E-state index contributed by atoms with van der Waals surface area (Å²) < 4.78 is 34.2. The summed E-state index contributed by atoms with van der Waals surface area (Å²) in [5.74, 6) is 0.592. The molecule has 1 aromatic heterocycles. The number of nitrogens with zero attached hydrogens (tertiary/aromatic N) is 3. The molecule has 180 valence electrons. The molecule has 0 bridgehead atoms. The van der Waals surface area contributed by atoms with Gasteiger partial charge in [0.25, 0.3) is 5.91 Å². The van der Waals surface area contributed by atoms with Gasteiger partial charge in [0.1, 0.15) is 5.75 Å². The lowest BCUT2D eigenvalue weighted by molar-refractivity contribution is 0.0952. The molecular formula is C24H29N5O4S. The smallest absolute Gasteiger partial charge is 0.251 e. The first kappa shape index (κ1) is 23.8. The van der Waals surface area contributed by atoms with Crippen LogP contribution < -0.4 is 15.4 Å². The minimum absolute atomic E-state index is 0.0634. The number of carbonyl (C=O) groups excluding carboxylic acids is 1. The minimum Gasteiger partial charge on any atom is -0.493 e. The third-order valence-corrected chi connectivity index (χ3v) is 7.43. The molecular weight excluding hydrogens is 454 g/mol. The van der Waals surface area contributed by atoms with Crippen LogP contribution in [-0.4, -0.2) is 55.4 Å². The lowest BCUT2D eigenvalue weighted by atomic mass is 10.1. The molecule has 0 spiro atoms. The van der Waals surface area contributed by atoms with E-state index in [0.717, 1.165) is 35.0 Å². The van der Waals surface area contributed by atoms with Crippen LogP contribution in [0, 0.1) is 0 Å². The van der Waals surface area contributed by atoms with Gasteiger partial charge in [0.05, 0.1) is 17.8 Å². The number of amides is 1. The average molecular weight is 484 g/mol. The van der Waals surface area contributed by atoms with Gasteiger partial charge >= 0.3 is 0 Å². The molecule has 9 nitrogen and oxygen atoms in total. The van der Waals surface area contributed by atoms with Crippen molar-refractivity contribution in [3.63, 3.8) is 0 Å². The predicted octanol–water partition coefficient (Wildman–Crippen LogP) is 2.50. The van der Waals surface area contributed by atoms with E-state index < -0.39 is 10.0 Å². The average Bonchev–Trinajstić information content (AvgIpc) is 3.51. The molecule has 0 fully saturated rings. The third-order valence-electron chi connectivity index (χ3n) is 5.64. The van der Waals surface area contributed by atoms with E-state index in [-0.39, 0.29) is 16.4 Å². The van der Waals surface area contributed by atoms with Crippen molar-refractivity contribution in [2.24, 2.45) is 0 Å². The maximum atomic E-state index is 12.8. The molecule has 10 heteroatoms. The van der Waals surface area contributed by atoms with Crippen molar-refractivity contribution in [1.29, 1.82) is 0 Å². The second-order valence-electron chi connectivity index (χ2n) is 8.34. The van der Waals surface area contributed by atoms with Gasteiger partial charge in [0.2, 0.25) is 10.0 Å². The first-order valence-electron chi connectivity index (χ1n) is 11.1. The summed E-state index contributed by atoms with van der Waals surface area (Å²) in [7, 11) is -0.774. The highest BCUT2D eigenvalue weighted by Crippen LogP contribution is 2.27. The fourth-order valence-corrected chi connectivity index (χ4v) is 4.70. The molecule has 0 aliphatic carbocycles. The quantitative estimate of drug-likeness (QED) is 0.429. The predicted molar refractivity (Wildman–Crippen MR) is 129 cm³/mol. The van der Waals surface area contributed by atoms with Crippen LogP contribution in [0.15, 0.2) is 60.0 Å². The summed E-state index contributed by atoms with van der Waals surface area (Å²) in [5, 5.41) is 6.15. The van der Waals surface area contributed by atoms with Gasteiger partial charge in [0, 0.05) is 63.8 Å². The van der Waals surface area contributed by atoms with Crippen LogP contribution in [0.25, 0.3) is 0 Å². The van der Waals surface area contributed by atoms with Crippen LogP contribution in [0.3, 0.4) is 0 Å². The van der Waals surface area contributed by atoms with E-state index in [1.165, 1.54) is 25.7 Å². The number of fused-ring (bicyclic) bond motifs is 1. The minimum atomic E-state index is -3.71. The van der Waals surface area contributed by atoms with Crippen LogP contribution in [0.4, 0.5) is 5.69 Å². The van der Waals surface area contributed by atoms with Crippen molar-refractivity contribution in [3.05, 3.63) is 71.8 Å². The van der Waals surface area contributed by atoms with E-state index in [2.05, 4.69) is 21.7 Å². The van der Waals surface area contributed by atoms with E-state index in [0.29, 0.717) is 25.4 Å². The Bertz CT molecular complexity index is 1260. The van der Waals surface area contributed by atoms with E-state index in [1.807, 2.05) is 22.9 Å². The summed E-state index contributed by atoms with van der Waals surface area (Å²) in [5.41, 5.74) is 3.06. The highest BCUT2D eigenvalue weighted by atomic mass is 32.2. The Labute approximate surface area is 199 Å². The van der Waals surface area contributed by atoms with Crippen LogP contribution >= 0.6 is 0 Å². The molecule has 0 unspecified atom stereocenters. The molecule has 2 N–H and O–H groups in total. The molecule has 1 aliphatic heterocycles. The third kappa shape index (κ3) is 5.57. The van der Waals surface area contributed by atoms with Gasteiger partial charge in [-0.15, -0.1) is 0 Å². The molecule has 0 saturated carbocycles. The Kier molecular flexibility index (Phi) is 7.18. The first-order valence-corrected chi connectivity index (χ1v) is 12.6. The van der Waals surface area contributed by atoms with Crippen LogP contribution in [0.2, 0.25) is 0 Å². The Morgan fingerprint density at radius 3 is 2.82 bits per heavy atom.